The van der Waals surface area contributed by atoms with Crippen LogP contribution >= 0.6 is 23.2 Å². The molecule has 1 aliphatic carbocycles. The van der Waals surface area contributed by atoms with E-state index in [1.165, 1.54) is 0 Å². The van der Waals surface area contributed by atoms with E-state index in [-0.39, 0.29) is 11.9 Å². The van der Waals surface area contributed by atoms with Crippen molar-refractivity contribution in [2.24, 2.45) is 5.92 Å². The largest absolute Gasteiger partial charge is 0.349 e. The summed E-state index contributed by atoms with van der Waals surface area (Å²) in [6, 6.07) is 5.41. The molecule has 2 aromatic rings. The molecule has 0 radical (unpaired) electrons. The Bertz CT molecular complexity index is 766. The van der Waals surface area contributed by atoms with Crippen molar-refractivity contribution in [2.75, 3.05) is 0 Å². The van der Waals surface area contributed by atoms with Crippen LogP contribution in [-0.2, 0) is 0 Å². The number of amides is 1. The minimum atomic E-state index is -0.0746. The number of carbonyl (C=O) groups excluding carboxylic acids is 1. The molecular formula is C18H21Cl2N3O. The number of hydrogen-bond donors (Lipinski definition) is 1. The number of hydrogen-bond acceptors (Lipinski definition) is 2. The average molecular weight is 366 g/mol. The van der Waals surface area contributed by atoms with Crippen molar-refractivity contribution >= 4 is 29.1 Å². The highest BCUT2D eigenvalue weighted by Gasteiger charge is 2.33. The van der Waals surface area contributed by atoms with Crippen LogP contribution in [0.3, 0.4) is 0 Å². The molecular weight excluding hydrogens is 345 g/mol. The van der Waals surface area contributed by atoms with Gasteiger partial charge in [-0.05, 0) is 43.9 Å². The molecule has 1 N–H and O–H groups in total. The fraction of sp³-hybridized carbons (Fsp3) is 0.444. The van der Waals surface area contributed by atoms with Crippen molar-refractivity contribution < 1.29 is 4.79 Å². The van der Waals surface area contributed by atoms with E-state index in [2.05, 4.69) is 24.3 Å². The number of benzene rings is 1. The van der Waals surface area contributed by atoms with Crippen molar-refractivity contribution in [3.05, 3.63) is 45.7 Å². The van der Waals surface area contributed by atoms with Crippen LogP contribution in [0.5, 0.6) is 0 Å². The zero-order valence-electron chi connectivity index (χ0n) is 14.0. The first kappa shape index (κ1) is 17.3. The summed E-state index contributed by atoms with van der Waals surface area (Å²) in [4.78, 5) is 12.7. The van der Waals surface area contributed by atoms with Crippen LogP contribution in [0.1, 0.15) is 55.6 Å². The molecule has 1 aliphatic rings. The zero-order chi connectivity index (χ0) is 17.4. The number of nitrogens with zero attached hydrogens (tertiary/aromatic N) is 2. The molecule has 1 heterocycles. The zero-order valence-corrected chi connectivity index (χ0v) is 15.5. The van der Waals surface area contributed by atoms with E-state index in [9.17, 15) is 4.79 Å². The fourth-order valence-electron chi connectivity index (χ4n) is 2.58. The van der Waals surface area contributed by atoms with Crippen molar-refractivity contribution in [3.8, 4) is 5.69 Å². The Labute approximate surface area is 152 Å². The van der Waals surface area contributed by atoms with Crippen LogP contribution in [0.2, 0.25) is 10.0 Å². The molecule has 1 aromatic heterocycles. The quantitative estimate of drug-likeness (QED) is 0.824. The Hall–Kier alpha value is -1.52. The molecule has 6 heteroatoms. The van der Waals surface area contributed by atoms with E-state index in [0.717, 1.165) is 24.2 Å². The standard InChI is InChI=1S/C18H21Cl2N3O/c1-10(2)11(3)22-18(24)14-9-21-23(17(14)12-4-5-12)16-7-6-13(19)8-15(16)20/h6-12H,4-5H2,1-3H3,(H,22,24)/t11-/m0/s1. The second kappa shape index (κ2) is 6.77. The molecule has 1 atom stereocenters. The van der Waals surface area contributed by atoms with Crippen molar-refractivity contribution in [2.45, 2.75) is 45.6 Å². The molecule has 1 fully saturated rings. The molecule has 3 rings (SSSR count). The van der Waals surface area contributed by atoms with E-state index in [0.29, 0.717) is 27.4 Å². The van der Waals surface area contributed by atoms with Crippen LogP contribution < -0.4 is 5.32 Å². The molecule has 1 amide bonds. The summed E-state index contributed by atoms with van der Waals surface area (Å²) >= 11 is 12.3. The lowest BCUT2D eigenvalue weighted by atomic mass is 10.1. The van der Waals surface area contributed by atoms with Crippen molar-refractivity contribution in [3.63, 3.8) is 0 Å². The highest BCUT2D eigenvalue weighted by molar-refractivity contribution is 6.35. The third-order valence-corrected chi connectivity index (χ3v) is 5.05. The first-order chi connectivity index (χ1) is 11.4. The molecule has 0 saturated heterocycles. The first-order valence-corrected chi connectivity index (χ1v) is 8.98. The summed E-state index contributed by atoms with van der Waals surface area (Å²) in [5.41, 5.74) is 2.32. The van der Waals surface area contributed by atoms with Gasteiger partial charge in [0, 0.05) is 17.0 Å². The molecule has 0 bridgehead atoms. The van der Waals surface area contributed by atoms with Crippen molar-refractivity contribution in [1.29, 1.82) is 0 Å². The van der Waals surface area contributed by atoms with Gasteiger partial charge in [0.1, 0.15) is 0 Å². The van der Waals surface area contributed by atoms with Gasteiger partial charge in [-0.15, -0.1) is 0 Å². The molecule has 128 valence electrons. The predicted molar refractivity (Wildman–Crippen MR) is 97.3 cm³/mol. The van der Waals surface area contributed by atoms with E-state index in [4.69, 9.17) is 23.2 Å². The number of rotatable bonds is 5. The Morgan fingerprint density at radius 3 is 2.58 bits per heavy atom. The summed E-state index contributed by atoms with van der Waals surface area (Å²) in [6.45, 7) is 6.19. The van der Waals surface area contributed by atoms with Gasteiger partial charge in [0.2, 0.25) is 0 Å². The van der Waals surface area contributed by atoms with Gasteiger partial charge in [-0.2, -0.15) is 5.10 Å². The van der Waals surface area contributed by atoms with Crippen LogP contribution in [0.4, 0.5) is 0 Å². The summed E-state index contributed by atoms with van der Waals surface area (Å²) in [6.07, 6.45) is 3.77. The first-order valence-electron chi connectivity index (χ1n) is 8.22. The van der Waals surface area contributed by atoms with Gasteiger partial charge >= 0.3 is 0 Å². The lowest BCUT2D eigenvalue weighted by Gasteiger charge is -2.17. The van der Waals surface area contributed by atoms with Gasteiger partial charge in [0.15, 0.2) is 0 Å². The Morgan fingerprint density at radius 1 is 1.29 bits per heavy atom. The fourth-order valence-corrected chi connectivity index (χ4v) is 3.07. The topological polar surface area (TPSA) is 46.9 Å². The third-order valence-electron chi connectivity index (χ3n) is 4.51. The molecule has 0 aliphatic heterocycles. The minimum Gasteiger partial charge on any atom is -0.349 e. The van der Waals surface area contributed by atoms with Gasteiger partial charge in [-0.1, -0.05) is 37.0 Å². The molecule has 1 aromatic carbocycles. The number of halogens is 2. The summed E-state index contributed by atoms with van der Waals surface area (Å²) in [5.74, 6) is 0.655. The maximum absolute atomic E-state index is 12.7. The average Bonchev–Trinajstić information content (AvgIpc) is 3.26. The third kappa shape index (κ3) is 3.45. The summed E-state index contributed by atoms with van der Waals surface area (Å²) in [5, 5.41) is 8.60. The maximum Gasteiger partial charge on any atom is 0.255 e. The van der Waals surface area contributed by atoms with E-state index < -0.39 is 0 Å². The van der Waals surface area contributed by atoms with Crippen LogP contribution in [0.25, 0.3) is 5.69 Å². The number of carbonyl (C=O) groups is 1. The predicted octanol–water partition coefficient (Wildman–Crippen LogP) is 4.83. The highest BCUT2D eigenvalue weighted by Crippen LogP contribution is 2.43. The maximum atomic E-state index is 12.7. The molecule has 0 unspecified atom stereocenters. The molecule has 0 spiro atoms. The van der Waals surface area contributed by atoms with Gasteiger partial charge in [-0.3, -0.25) is 4.79 Å². The Morgan fingerprint density at radius 2 is 2.00 bits per heavy atom. The minimum absolute atomic E-state index is 0.0746. The van der Waals surface area contributed by atoms with E-state index >= 15 is 0 Å². The number of aromatic nitrogens is 2. The number of nitrogens with one attached hydrogen (secondary N) is 1. The Balaban J connectivity index is 1.98. The second-order valence-electron chi connectivity index (χ2n) is 6.73. The normalized spacial score (nSPS) is 15.6. The van der Waals surface area contributed by atoms with Crippen LogP contribution in [-0.4, -0.2) is 21.7 Å². The summed E-state index contributed by atoms with van der Waals surface area (Å²) < 4.78 is 1.78. The summed E-state index contributed by atoms with van der Waals surface area (Å²) in [7, 11) is 0. The SMILES string of the molecule is CC(C)[C@H](C)NC(=O)c1cnn(-c2ccc(Cl)cc2Cl)c1C1CC1. The van der Waals surface area contributed by atoms with E-state index in [1.54, 1.807) is 23.0 Å². The highest BCUT2D eigenvalue weighted by atomic mass is 35.5. The van der Waals surface area contributed by atoms with Crippen molar-refractivity contribution in [1.82, 2.24) is 15.1 Å². The van der Waals surface area contributed by atoms with Gasteiger partial charge < -0.3 is 5.32 Å². The smallest absolute Gasteiger partial charge is 0.255 e. The second-order valence-corrected chi connectivity index (χ2v) is 7.58. The molecule has 1 saturated carbocycles. The molecule has 24 heavy (non-hydrogen) atoms. The van der Waals surface area contributed by atoms with Crippen LogP contribution in [0, 0.1) is 5.92 Å². The van der Waals surface area contributed by atoms with Gasteiger partial charge in [0.05, 0.1) is 28.2 Å². The van der Waals surface area contributed by atoms with Gasteiger partial charge in [0.25, 0.3) is 5.91 Å². The lowest BCUT2D eigenvalue weighted by molar-refractivity contribution is 0.0929. The lowest BCUT2D eigenvalue weighted by Crippen LogP contribution is -2.36. The van der Waals surface area contributed by atoms with Crippen LogP contribution in [0.15, 0.2) is 24.4 Å². The Kier molecular flexibility index (Phi) is 4.88. The van der Waals surface area contributed by atoms with E-state index in [1.807, 2.05) is 13.0 Å². The van der Waals surface area contributed by atoms with Gasteiger partial charge in [-0.25, -0.2) is 4.68 Å². The molecule has 4 nitrogen and oxygen atoms in total. The monoisotopic (exact) mass is 365 g/mol.